The summed E-state index contributed by atoms with van der Waals surface area (Å²) in [5, 5.41) is 0. The SMILES string of the molecule is Cc1cc(C2=NCc3cc(CC(=O)N(C)C4CCCCC4)ncc32)ccn1. The van der Waals surface area contributed by atoms with Crippen LogP contribution in [0.5, 0.6) is 0 Å². The quantitative estimate of drug-likeness (QED) is 0.837. The van der Waals surface area contributed by atoms with Crippen LogP contribution in [0, 0.1) is 6.92 Å². The summed E-state index contributed by atoms with van der Waals surface area (Å²) >= 11 is 0. The van der Waals surface area contributed by atoms with Gasteiger partial charge in [-0.2, -0.15) is 0 Å². The molecule has 27 heavy (non-hydrogen) atoms. The molecule has 2 aromatic heterocycles. The highest BCUT2D eigenvalue weighted by Crippen LogP contribution is 2.25. The second-order valence-electron chi connectivity index (χ2n) is 7.66. The van der Waals surface area contributed by atoms with Gasteiger partial charge >= 0.3 is 0 Å². The predicted molar refractivity (Wildman–Crippen MR) is 106 cm³/mol. The van der Waals surface area contributed by atoms with Crippen LogP contribution >= 0.6 is 0 Å². The molecule has 2 aliphatic rings. The molecule has 4 rings (SSSR count). The number of aryl methyl sites for hydroxylation is 1. The van der Waals surface area contributed by atoms with Crippen molar-refractivity contribution in [3.05, 3.63) is 58.7 Å². The van der Waals surface area contributed by atoms with E-state index in [1.54, 1.807) is 0 Å². The van der Waals surface area contributed by atoms with E-state index in [-0.39, 0.29) is 5.91 Å². The number of amides is 1. The average Bonchev–Trinajstić information content (AvgIpc) is 3.11. The minimum Gasteiger partial charge on any atom is -0.342 e. The van der Waals surface area contributed by atoms with Crippen LogP contribution in [0.4, 0.5) is 0 Å². The standard InChI is InChI=1S/C22H26N4O/c1-15-10-16(8-9-23-15)22-20-14-24-18(11-17(20)13-25-22)12-21(27)26(2)19-6-4-3-5-7-19/h8-11,14,19H,3-7,12-13H2,1-2H3. The van der Waals surface area contributed by atoms with Crippen LogP contribution in [0.3, 0.4) is 0 Å². The van der Waals surface area contributed by atoms with Crippen molar-refractivity contribution in [2.45, 2.75) is 58.0 Å². The van der Waals surface area contributed by atoms with Crippen molar-refractivity contribution in [2.75, 3.05) is 7.05 Å². The molecule has 0 unspecified atom stereocenters. The summed E-state index contributed by atoms with van der Waals surface area (Å²) in [7, 11) is 1.94. The molecule has 5 nitrogen and oxygen atoms in total. The smallest absolute Gasteiger partial charge is 0.228 e. The van der Waals surface area contributed by atoms with Gasteiger partial charge in [-0.3, -0.25) is 19.8 Å². The number of likely N-dealkylation sites (N-methyl/N-ethyl adjacent to an activating group) is 1. The Hall–Kier alpha value is -2.56. The summed E-state index contributed by atoms with van der Waals surface area (Å²) in [6.45, 7) is 2.63. The highest BCUT2D eigenvalue weighted by Gasteiger charge is 2.24. The normalized spacial score (nSPS) is 16.7. The Labute approximate surface area is 160 Å². The summed E-state index contributed by atoms with van der Waals surface area (Å²) < 4.78 is 0. The molecule has 1 aliphatic heterocycles. The number of fused-ring (bicyclic) bond motifs is 1. The Balaban J connectivity index is 1.47. The molecule has 1 saturated carbocycles. The number of rotatable bonds is 4. The van der Waals surface area contributed by atoms with Gasteiger partial charge in [0.2, 0.25) is 5.91 Å². The summed E-state index contributed by atoms with van der Waals surface area (Å²) in [6, 6.07) is 6.47. The highest BCUT2D eigenvalue weighted by atomic mass is 16.2. The third-order valence-electron chi connectivity index (χ3n) is 5.73. The fourth-order valence-corrected chi connectivity index (χ4v) is 4.13. The second-order valence-corrected chi connectivity index (χ2v) is 7.66. The van der Waals surface area contributed by atoms with Crippen LogP contribution in [0.1, 0.15) is 60.2 Å². The van der Waals surface area contributed by atoms with Crippen LogP contribution in [0.2, 0.25) is 0 Å². The third kappa shape index (κ3) is 3.77. The maximum absolute atomic E-state index is 12.7. The molecule has 1 amide bonds. The number of aromatic nitrogens is 2. The molecule has 1 fully saturated rings. The molecule has 0 N–H and O–H groups in total. The van der Waals surface area contributed by atoms with Crippen LogP contribution < -0.4 is 0 Å². The van der Waals surface area contributed by atoms with E-state index >= 15 is 0 Å². The lowest BCUT2D eigenvalue weighted by Gasteiger charge is -2.31. The Morgan fingerprint density at radius 1 is 1.19 bits per heavy atom. The van der Waals surface area contributed by atoms with E-state index < -0.39 is 0 Å². The zero-order chi connectivity index (χ0) is 18.8. The predicted octanol–water partition coefficient (Wildman–Crippen LogP) is 3.47. The van der Waals surface area contributed by atoms with Crippen molar-refractivity contribution >= 4 is 11.6 Å². The molecule has 1 aliphatic carbocycles. The van der Waals surface area contributed by atoms with Crippen molar-refractivity contribution in [1.82, 2.24) is 14.9 Å². The van der Waals surface area contributed by atoms with E-state index in [1.165, 1.54) is 19.3 Å². The lowest BCUT2D eigenvalue weighted by Crippen LogP contribution is -2.39. The van der Waals surface area contributed by atoms with E-state index in [2.05, 4.69) is 9.97 Å². The Morgan fingerprint density at radius 3 is 2.78 bits per heavy atom. The molecule has 0 bridgehead atoms. The molecule has 2 aromatic rings. The first-order chi connectivity index (χ1) is 13.1. The fraction of sp³-hybridized carbons (Fsp3) is 0.455. The second kappa shape index (κ2) is 7.59. The lowest BCUT2D eigenvalue weighted by atomic mass is 9.94. The van der Waals surface area contributed by atoms with E-state index in [4.69, 9.17) is 4.99 Å². The number of carbonyl (C=O) groups is 1. The zero-order valence-corrected chi connectivity index (χ0v) is 16.1. The zero-order valence-electron chi connectivity index (χ0n) is 16.1. The maximum atomic E-state index is 12.7. The number of pyridine rings is 2. The molecule has 0 radical (unpaired) electrons. The number of hydrogen-bond donors (Lipinski definition) is 0. The molecule has 0 saturated heterocycles. The van der Waals surface area contributed by atoms with Gasteiger partial charge < -0.3 is 4.90 Å². The van der Waals surface area contributed by atoms with Gasteiger partial charge in [0.15, 0.2) is 0 Å². The lowest BCUT2D eigenvalue weighted by molar-refractivity contribution is -0.131. The number of carbonyl (C=O) groups excluding carboxylic acids is 1. The maximum Gasteiger partial charge on any atom is 0.228 e. The van der Waals surface area contributed by atoms with Crippen LogP contribution in [0.25, 0.3) is 0 Å². The monoisotopic (exact) mass is 362 g/mol. The molecule has 3 heterocycles. The van der Waals surface area contributed by atoms with Gasteiger partial charge in [0.25, 0.3) is 0 Å². The van der Waals surface area contributed by atoms with Crippen molar-refractivity contribution in [3.8, 4) is 0 Å². The van der Waals surface area contributed by atoms with Gasteiger partial charge in [-0.1, -0.05) is 19.3 Å². The number of nitrogens with zero attached hydrogens (tertiary/aromatic N) is 4. The largest absolute Gasteiger partial charge is 0.342 e. The van der Waals surface area contributed by atoms with Gasteiger partial charge in [0.1, 0.15) is 0 Å². The minimum absolute atomic E-state index is 0.165. The molecule has 140 valence electrons. The highest BCUT2D eigenvalue weighted by molar-refractivity contribution is 6.15. The molecule has 0 aromatic carbocycles. The van der Waals surface area contributed by atoms with Gasteiger partial charge in [-0.15, -0.1) is 0 Å². The molecular formula is C22H26N4O. The molecular weight excluding hydrogens is 336 g/mol. The van der Waals surface area contributed by atoms with Gasteiger partial charge in [-0.05, 0) is 43.5 Å². The van der Waals surface area contributed by atoms with E-state index in [0.29, 0.717) is 19.0 Å². The first kappa shape index (κ1) is 17.8. The summed E-state index contributed by atoms with van der Waals surface area (Å²) in [5.74, 6) is 0.165. The Bertz CT molecular complexity index is 884. The van der Waals surface area contributed by atoms with Crippen LogP contribution in [-0.2, 0) is 17.8 Å². The molecule has 5 heteroatoms. The number of hydrogen-bond acceptors (Lipinski definition) is 4. The topological polar surface area (TPSA) is 58.5 Å². The van der Waals surface area contributed by atoms with E-state index in [1.807, 2.05) is 49.5 Å². The summed E-state index contributed by atoms with van der Waals surface area (Å²) in [6.07, 6.45) is 10.1. The minimum atomic E-state index is 0.165. The average molecular weight is 362 g/mol. The molecule has 0 spiro atoms. The van der Waals surface area contributed by atoms with Crippen molar-refractivity contribution in [2.24, 2.45) is 4.99 Å². The summed E-state index contributed by atoms with van der Waals surface area (Å²) in [4.78, 5) is 28.2. The summed E-state index contributed by atoms with van der Waals surface area (Å²) in [5.41, 5.74) is 6.08. The van der Waals surface area contributed by atoms with Crippen LogP contribution in [0.15, 0.2) is 35.6 Å². The Morgan fingerprint density at radius 2 is 2.00 bits per heavy atom. The fourth-order valence-electron chi connectivity index (χ4n) is 4.13. The van der Waals surface area contributed by atoms with Crippen molar-refractivity contribution < 1.29 is 4.79 Å². The third-order valence-corrected chi connectivity index (χ3v) is 5.73. The van der Waals surface area contributed by atoms with E-state index in [9.17, 15) is 4.79 Å². The van der Waals surface area contributed by atoms with Crippen molar-refractivity contribution in [3.63, 3.8) is 0 Å². The van der Waals surface area contributed by atoms with Crippen molar-refractivity contribution in [1.29, 1.82) is 0 Å². The van der Waals surface area contributed by atoms with Gasteiger partial charge in [0.05, 0.1) is 24.4 Å². The van der Waals surface area contributed by atoms with Gasteiger partial charge in [-0.25, -0.2) is 0 Å². The molecule has 0 atom stereocenters. The Kier molecular flexibility index (Phi) is 5.01. The number of aliphatic imine (C=N–C) groups is 1. The van der Waals surface area contributed by atoms with E-state index in [0.717, 1.165) is 46.6 Å². The first-order valence-electron chi connectivity index (χ1n) is 9.83. The van der Waals surface area contributed by atoms with Crippen LogP contribution in [-0.4, -0.2) is 39.6 Å². The first-order valence-corrected chi connectivity index (χ1v) is 9.83. The van der Waals surface area contributed by atoms with Gasteiger partial charge in [0, 0.05) is 42.3 Å².